The van der Waals surface area contributed by atoms with Crippen LogP contribution in [-0.2, 0) is 0 Å². The van der Waals surface area contributed by atoms with Gasteiger partial charge < -0.3 is 5.32 Å². The second-order valence-corrected chi connectivity index (χ2v) is 5.76. The van der Waals surface area contributed by atoms with Crippen LogP contribution in [0.5, 0.6) is 0 Å². The van der Waals surface area contributed by atoms with E-state index in [-0.39, 0.29) is 0 Å². The molecule has 0 saturated carbocycles. The number of nitrogens with one attached hydrogen (secondary N) is 1. The van der Waals surface area contributed by atoms with Crippen LogP contribution < -0.4 is 5.32 Å². The Kier molecular flexibility index (Phi) is 11.3. The molecule has 0 amide bonds. The normalized spacial score (nSPS) is 15.5. The first-order valence-electron chi connectivity index (χ1n) is 8.06. The fourth-order valence-electron chi connectivity index (χ4n) is 1.99. The van der Waals surface area contributed by atoms with Crippen LogP contribution in [0.3, 0.4) is 0 Å². The minimum atomic E-state index is 0.866. The summed E-state index contributed by atoms with van der Waals surface area (Å²) in [5.41, 5.74) is 1.45. The van der Waals surface area contributed by atoms with E-state index in [0.29, 0.717) is 0 Å². The third kappa shape index (κ3) is 9.56. The van der Waals surface area contributed by atoms with Crippen molar-refractivity contribution in [1.29, 1.82) is 0 Å². The van der Waals surface area contributed by atoms with Gasteiger partial charge in [-0.05, 0) is 43.9 Å². The summed E-state index contributed by atoms with van der Waals surface area (Å²) in [7, 11) is 0. The standard InChI is InChI=1S/C17H35N/c1-6-15(4)11-9-13-17(8-3)18-14-10-12-16(5)7-2/h13,15-16,18H,6-12,14H2,1-5H3/b17-13+/t15?,16-/m1/s1. The molecule has 0 aliphatic carbocycles. The van der Waals surface area contributed by atoms with Crippen molar-refractivity contribution in [2.75, 3.05) is 6.54 Å². The molecule has 1 N–H and O–H groups in total. The van der Waals surface area contributed by atoms with Crippen molar-refractivity contribution < 1.29 is 0 Å². The molecule has 0 bridgehead atoms. The van der Waals surface area contributed by atoms with Gasteiger partial charge in [-0.1, -0.05) is 53.5 Å². The van der Waals surface area contributed by atoms with E-state index in [1.807, 2.05) is 0 Å². The molecule has 0 saturated heterocycles. The van der Waals surface area contributed by atoms with Crippen molar-refractivity contribution in [1.82, 2.24) is 5.32 Å². The van der Waals surface area contributed by atoms with E-state index >= 15 is 0 Å². The Balaban J connectivity index is 3.72. The first-order valence-corrected chi connectivity index (χ1v) is 8.06. The van der Waals surface area contributed by atoms with Crippen LogP contribution in [0.1, 0.15) is 79.6 Å². The Morgan fingerprint density at radius 3 is 2.17 bits per heavy atom. The molecule has 0 aromatic carbocycles. The molecule has 1 unspecified atom stereocenters. The third-order valence-corrected chi connectivity index (χ3v) is 4.05. The van der Waals surface area contributed by atoms with Gasteiger partial charge in [-0.25, -0.2) is 0 Å². The van der Waals surface area contributed by atoms with E-state index in [2.05, 4.69) is 46.0 Å². The molecule has 0 fully saturated rings. The summed E-state index contributed by atoms with van der Waals surface area (Å²) in [6.07, 6.45) is 11.4. The highest BCUT2D eigenvalue weighted by Crippen LogP contribution is 2.12. The van der Waals surface area contributed by atoms with E-state index in [4.69, 9.17) is 0 Å². The Morgan fingerprint density at radius 2 is 1.61 bits per heavy atom. The van der Waals surface area contributed by atoms with Gasteiger partial charge in [0.2, 0.25) is 0 Å². The van der Waals surface area contributed by atoms with E-state index in [0.717, 1.165) is 24.8 Å². The zero-order valence-electron chi connectivity index (χ0n) is 13.4. The fourth-order valence-corrected chi connectivity index (χ4v) is 1.99. The lowest BCUT2D eigenvalue weighted by atomic mass is 10.0. The molecule has 1 nitrogen and oxygen atoms in total. The van der Waals surface area contributed by atoms with Gasteiger partial charge in [0.05, 0.1) is 0 Å². The van der Waals surface area contributed by atoms with E-state index in [1.165, 1.54) is 44.2 Å². The van der Waals surface area contributed by atoms with Crippen LogP contribution in [0.15, 0.2) is 11.8 Å². The lowest BCUT2D eigenvalue weighted by Gasteiger charge is -2.12. The molecule has 1 heteroatoms. The van der Waals surface area contributed by atoms with Crippen LogP contribution in [0.25, 0.3) is 0 Å². The monoisotopic (exact) mass is 253 g/mol. The average Bonchev–Trinajstić information content (AvgIpc) is 2.40. The molecule has 0 rings (SSSR count). The van der Waals surface area contributed by atoms with Gasteiger partial charge in [-0.15, -0.1) is 0 Å². The predicted octanol–water partition coefficient (Wildman–Crippen LogP) is 5.52. The predicted molar refractivity (Wildman–Crippen MR) is 83.8 cm³/mol. The molecule has 108 valence electrons. The molecular weight excluding hydrogens is 218 g/mol. The summed E-state index contributed by atoms with van der Waals surface area (Å²) >= 11 is 0. The Labute approximate surface area is 115 Å². The highest BCUT2D eigenvalue weighted by atomic mass is 14.9. The molecule has 0 radical (unpaired) electrons. The van der Waals surface area contributed by atoms with Gasteiger partial charge in [0.1, 0.15) is 0 Å². The molecule has 18 heavy (non-hydrogen) atoms. The molecule has 2 atom stereocenters. The Bertz CT molecular complexity index is 208. The fraction of sp³-hybridized carbons (Fsp3) is 0.882. The summed E-state index contributed by atoms with van der Waals surface area (Å²) < 4.78 is 0. The van der Waals surface area contributed by atoms with Crippen molar-refractivity contribution >= 4 is 0 Å². The van der Waals surface area contributed by atoms with Crippen molar-refractivity contribution in [3.8, 4) is 0 Å². The molecule has 0 aliphatic rings. The number of rotatable bonds is 11. The molecular formula is C17H35N. The van der Waals surface area contributed by atoms with Gasteiger partial charge >= 0.3 is 0 Å². The van der Waals surface area contributed by atoms with Crippen LogP contribution in [0.2, 0.25) is 0 Å². The van der Waals surface area contributed by atoms with Gasteiger partial charge in [0.15, 0.2) is 0 Å². The van der Waals surface area contributed by atoms with Gasteiger partial charge in [0.25, 0.3) is 0 Å². The van der Waals surface area contributed by atoms with Crippen LogP contribution >= 0.6 is 0 Å². The zero-order chi connectivity index (χ0) is 13.8. The lowest BCUT2D eigenvalue weighted by molar-refractivity contribution is 0.487. The summed E-state index contributed by atoms with van der Waals surface area (Å²) in [5, 5.41) is 3.60. The van der Waals surface area contributed by atoms with Crippen LogP contribution in [0, 0.1) is 11.8 Å². The summed E-state index contributed by atoms with van der Waals surface area (Å²) in [5.74, 6) is 1.75. The highest BCUT2D eigenvalue weighted by Gasteiger charge is 2.00. The smallest absolute Gasteiger partial charge is 0.0143 e. The number of hydrogen-bond donors (Lipinski definition) is 1. The first-order chi connectivity index (χ1) is 8.63. The summed E-state index contributed by atoms with van der Waals surface area (Å²) in [4.78, 5) is 0. The topological polar surface area (TPSA) is 12.0 Å². The van der Waals surface area contributed by atoms with E-state index in [9.17, 15) is 0 Å². The van der Waals surface area contributed by atoms with E-state index in [1.54, 1.807) is 0 Å². The van der Waals surface area contributed by atoms with Crippen LogP contribution in [0.4, 0.5) is 0 Å². The maximum atomic E-state index is 3.60. The Hall–Kier alpha value is -0.460. The molecule has 0 aromatic heterocycles. The second-order valence-electron chi connectivity index (χ2n) is 5.76. The molecule has 0 heterocycles. The Morgan fingerprint density at radius 1 is 1.00 bits per heavy atom. The lowest BCUT2D eigenvalue weighted by Crippen LogP contribution is -2.15. The summed E-state index contributed by atoms with van der Waals surface area (Å²) in [6.45, 7) is 12.7. The number of allylic oxidation sites excluding steroid dienone is 2. The largest absolute Gasteiger partial charge is 0.389 e. The SMILES string of the molecule is CC/C(=C\CCC(C)CC)NCCC[C@H](C)CC. The van der Waals surface area contributed by atoms with Crippen molar-refractivity contribution in [2.24, 2.45) is 11.8 Å². The average molecular weight is 253 g/mol. The molecule has 0 aliphatic heterocycles. The molecule has 0 spiro atoms. The van der Waals surface area contributed by atoms with Crippen molar-refractivity contribution in [2.45, 2.75) is 79.6 Å². The first kappa shape index (κ1) is 17.5. The maximum absolute atomic E-state index is 3.60. The quantitative estimate of drug-likeness (QED) is 0.478. The van der Waals surface area contributed by atoms with Gasteiger partial charge in [-0.2, -0.15) is 0 Å². The maximum Gasteiger partial charge on any atom is 0.0143 e. The van der Waals surface area contributed by atoms with Gasteiger partial charge in [-0.3, -0.25) is 0 Å². The minimum absolute atomic E-state index is 0.866. The van der Waals surface area contributed by atoms with Crippen LogP contribution in [-0.4, -0.2) is 6.54 Å². The second kappa shape index (κ2) is 11.6. The third-order valence-electron chi connectivity index (χ3n) is 4.05. The van der Waals surface area contributed by atoms with Crippen molar-refractivity contribution in [3.63, 3.8) is 0 Å². The highest BCUT2D eigenvalue weighted by molar-refractivity contribution is 4.98. The minimum Gasteiger partial charge on any atom is -0.389 e. The van der Waals surface area contributed by atoms with Gasteiger partial charge in [0, 0.05) is 12.2 Å². The number of hydrogen-bond acceptors (Lipinski definition) is 1. The zero-order valence-corrected chi connectivity index (χ0v) is 13.4. The van der Waals surface area contributed by atoms with E-state index < -0.39 is 0 Å². The molecule has 0 aromatic rings. The summed E-state index contributed by atoms with van der Waals surface area (Å²) in [6, 6.07) is 0. The van der Waals surface area contributed by atoms with Crippen molar-refractivity contribution in [3.05, 3.63) is 11.8 Å².